The normalized spacial score (nSPS) is 20.8. The van der Waals surface area contributed by atoms with Crippen molar-refractivity contribution in [3.63, 3.8) is 0 Å². The maximum Gasteiger partial charge on any atom is 0.250 e. The number of aryl methyl sites for hydroxylation is 1. The van der Waals surface area contributed by atoms with Crippen LogP contribution in [0.4, 0.5) is 10.1 Å². The van der Waals surface area contributed by atoms with Gasteiger partial charge in [-0.05, 0) is 36.6 Å². The van der Waals surface area contributed by atoms with Crippen molar-refractivity contribution in [2.75, 3.05) is 11.4 Å². The first-order valence-corrected chi connectivity index (χ1v) is 6.81. The lowest BCUT2D eigenvalue weighted by Gasteiger charge is -2.35. The second-order valence-corrected chi connectivity index (χ2v) is 5.29. The summed E-state index contributed by atoms with van der Waals surface area (Å²) in [4.78, 5) is 25.8. The van der Waals surface area contributed by atoms with Gasteiger partial charge in [-0.15, -0.1) is 0 Å². The highest BCUT2D eigenvalue weighted by atomic mass is 19.1. The highest BCUT2D eigenvalue weighted by Gasteiger charge is 2.36. The van der Waals surface area contributed by atoms with E-state index in [-0.39, 0.29) is 30.1 Å². The highest BCUT2D eigenvalue weighted by molar-refractivity contribution is 6.07. The monoisotopic (exact) mass is 278 g/mol. The number of hydrogen-bond acceptors (Lipinski definition) is 2. The molecule has 0 spiro atoms. The Kier molecular flexibility index (Phi) is 4.06. The Labute approximate surface area is 118 Å². The number of nitrogens with one attached hydrogen (secondary N) is 1. The van der Waals surface area contributed by atoms with Crippen molar-refractivity contribution in [3.05, 3.63) is 29.6 Å². The molecule has 1 heterocycles. The van der Waals surface area contributed by atoms with E-state index in [9.17, 15) is 14.0 Å². The smallest absolute Gasteiger partial charge is 0.250 e. The number of piperazine rings is 1. The summed E-state index contributed by atoms with van der Waals surface area (Å²) in [6.45, 7) is 5.63. The van der Waals surface area contributed by atoms with Crippen LogP contribution in [0.2, 0.25) is 0 Å². The molecule has 108 valence electrons. The molecule has 0 aliphatic carbocycles. The molecule has 0 aromatic heterocycles. The quantitative estimate of drug-likeness (QED) is 0.919. The fraction of sp³-hybridized carbons (Fsp3) is 0.467. The average Bonchev–Trinajstić information content (AvgIpc) is 2.40. The van der Waals surface area contributed by atoms with Crippen molar-refractivity contribution < 1.29 is 14.0 Å². The van der Waals surface area contributed by atoms with Crippen molar-refractivity contribution in [2.45, 2.75) is 33.2 Å². The molecule has 0 saturated carbocycles. The van der Waals surface area contributed by atoms with E-state index >= 15 is 0 Å². The summed E-state index contributed by atoms with van der Waals surface area (Å²) in [5.74, 6) is -0.596. The number of benzene rings is 1. The molecule has 2 atom stereocenters. The number of carbonyl (C=O) groups is 2. The Hall–Kier alpha value is -1.91. The van der Waals surface area contributed by atoms with Crippen LogP contribution in [0.15, 0.2) is 18.2 Å². The molecule has 4 nitrogen and oxygen atoms in total. The predicted octanol–water partition coefficient (Wildman–Crippen LogP) is 2.01. The van der Waals surface area contributed by atoms with Crippen LogP contribution in [0.1, 0.15) is 25.8 Å². The molecule has 2 rings (SSSR count). The van der Waals surface area contributed by atoms with E-state index in [1.807, 2.05) is 13.8 Å². The van der Waals surface area contributed by atoms with Gasteiger partial charge in [0.05, 0.1) is 0 Å². The summed E-state index contributed by atoms with van der Waals surface area (Å²) in [5.41, 5.74) is 1.25. The number of amides is 2. The lowest BCUT2D eigenvalue weighted by Crippen LogP contribution is -2.60. The van der Waals surface area contributed by atoms with Crippen molar-refractivity contribution in [1.29, 1.82) is 0 Å². The van der Waals surface area contributed by atoms with E-state index in [1.165, 1.54) is 17.0 Å². The molecule has 0 radical (unpaired) electrons. The molecule has 1 aromatic rings. The maximum atomic E-state index is 13.2. The Bertz CT molecular complexity index is 545. The predicted molar refractivity (Wildman–Crippen MR) is 74.9 cm³/mol. The van der Waals surface area contributed by atoms with Crippen LogP contribution in [-0.4, -0.2) is 24.4 Å². The zero-order valence-corrected chi connectivity index (χ0v) is 11.9. The van der Waals surface area contributed by atoms with Crippen molar-refractivity contribution >= 4 is 17.5 Å². The molecule has 1 aromatic carbocycles. The third kappa shape index (κ3) is 2.66. The topological polar surface area (TPSA) is 49.4 Å². The number of nitrogens with zero attached hydrogens (tertiary/aromatic N) is 1. The maximum absolute atomic E-state index is 13.2. The van der Waals surface area contributed by atoms with Crippen LogP contribution in [0.3, 0.4) is 0 Å². The Morgan fingerprint density at radius 1 is 1.45 bits per heavy atom. The number of anilines is 1. The third-order valence-electron chi connectivity index (χ3n) is 3.81. The largest absolute Gasteiger partial charge is 0.342 e. The van der Waals surface area contributed by atoms with Gasteiger partial charge in [-0.25, -0.2) is 4.39 Å². The van der Waals surface area contributed by atoms with Crippen LogP contribution in [0.25, 0.3) is 0 Å². The van der Waals surface area contributed by atoms with Gasteiger partial charge in [0, 0.05) is 5.69 Å². The summed E-state index contributed by atoms with van der Waals surface area (Å²) >= 11 is 0. The van der Waals surface area contributed by atoms with E-state index in [2.05, 4.69) is 5.32 Å². The molecule has 1 aliphatic heterocycles. The molecule has 1 aliphatic rings. The lowest BCUT2D eigenvalue weighted by molar-refractivity contribution is -0.132. The van der Waals surface area contributed by atoms with Gasteiger partial charge in [0.25, 0.3) is 0 Å². The number of halogens is 1. The first kappa shape index (κ1) is 14.5. The van der Waals surface area contributed by atoms with Crippen LogP contribution in [0.5, 0.6) is 0 Å². The molecule has 20 heavy (non-hydrogen) atoms. The Balaban J connectivity index is 2.35. The fourth-order valence-electron chi connectivity index (χ4n) is 2.42. The lowest BCUT2D eigenvalue weighted by atomic mass is 9.95. The summed E-state index contributed by atoms with van der Waals surface area (Å²) in [6.07, 6.45) is 0.799. The summed E-state index contributed by atoms with van der Waals surface area (Å²) < 4.78 is 13.2. The fourth-order valence-corrected chi connectivity index (χ4v) is 2.42. The van der Waals surface area contributed by atoms with E-state index in [1.54, 1.807) is 13.0 Å². The molecular weight excluding hydrogens is 259 g/mol. The van der Waals surface area contributed by atoms with E-state index in [0.717, 1.165) is 6.42 Å². The first-order chi connectivity index (χ1) is 9.43. The van der Waals surface area contributed by atoms with Gasteiger partial charge in [0.15, 0.2) is 0 Å². The van der Waals surface area contributed by atoms with Crippen molar-refractivity contribution in [3.8, 4) is 0 Å². The zero-order valence-electron chi connectivity index (χ0n) is 11.9. The van der Waals surface area contributed by atoms with Gasteiger partial charge < -0.3 is 10.2 Å². The van der Waals surface area contributed by atoms with Gasteiger partial charge in [-0.1, -0.05) is 20.3 Å². The third-order valence-corrected chi connectivity index (χ3v) is 3.81. The molecule has 1 saturated heterocycles. The minimum atomic E-state index is -0.509. The van der Waals surface area contributed by atoms with Gasteiger partial charge in [-0.2, -0.15) is 0 Å². The molecule has 2 unspecified atom stereocenters. The molecule has 5 heteroatoms. The van der Waals surface area contributed by atoms with E-state index in [4.69, 9.17) is 0 Å². The number of hydrogen-bond donors (Lipinski definition) is 1. The molecular formula is C15H19FN2O2. The van der Waals surface area contributed by atoms with Gasteiger partial charge in [-0.3, -0.25) is 9.59 Å². The molecule has 2 amide bonds. The molecule has 1 fully saturated rings. The second kappa shape index (κ2) is 5.61. The highest BCUT2D eigenvalue weighted by Crippen LogP contribution is 2.25. The van der Waals surface area contributed by atoms with E-state index < -0.39 is 6.04 Å². The number of carbonyl (C=O) groups excluding carboxylic acids is 2. The van der Waals surface area contributed by atoms with Crippen LogP contribution in [-0.2, 0) is 9.59 Å². The van der Waals surface area contributed by atoms with Gasteiger partial charge in [0.1, 0.15) is 18.4 Å². The average molecular weight is 278 g/mol. The number of rotatable bonds is 3. The van der Waals surface area contributed by atoms with Crippen LogP contribution >= 0.6 is 0 Å². The summed E-state index contributed by atoms with van der Waals surface area (Å²) in [5, 5.41) is 2.74. The second-order valence-electron chi connectivity index (χ2n) is 5.29. The standard InChI is InChI=1S/C15H19FN2O2/c1-4-9(2)14-15(20)18(8-13(19)17-14)12-6-5-11(16)7-10(12)3/h5-7,9,14H,4,8H2,1-3H3,(H,17,19). The van der Waals surface area contributed by atoms with Gasteiger partial charge in [0.2, 0.25) is 11.8 Å². The first-order valence-electron chi connectivity index (χ1n) is 6.81. The minimum absolute atomic E-state index is 0.0156. The van der Waals surface area contributed by atoms with Crippen LogP contribution < -0.4 is 10.2 Å². The summed E-state index contributed by atoms with van der Waals surface area (Å²) in [7, 11) is 0. The molecule has 1 N–H and O–H groups in total. The van der Waals surface area contributed by atoms with Gasteiger partial charge >= 0.3 is 0 Å². The SMILES string of the molecule is CCC(C)C1NC(=O)CN(c2ccc(F)cc2C)C1=O. The van der Waals surface area contributed by atoms with Crippen LogP contribution in [0, 0.1) is 18.7 Å². The van der Waals surface area contributed by atoms with Crippen molar-refractivity contribution in [2.24, 2.45) is 5.92 Å². The van der Waals surface area contributed by atoms with E-state index in [0.29, 0.717) is 11.3 Å². The summed E-state index contributed by atoms with van der Waals surface area (Å²) in [6, 6.07) is 3.72. The minimum Gasteiger partial charge on any atom is -0.342 e. The van der Waals surface area contributed by atoms with Crippen molar-refractivity contribution in [1.82, 2.24) is 5.32 Å². The zero-order chi connectivity index (χ0) is 14.9. The Morgan fingerprint density at radius 3 is 2.75 bits per heavy atom. The Morgan fingerprint density at radius 2 is 2.15 bits per heavy atom. The molecule has 0 bridgehead atoms.